The van der Waals surface area contributed by atoms with E-state index in [0.29, 0.717) is 16.8 Å². The largest absolute Gasteiger partial charge is 0.468 e. The fourth-order valence-electron chi connectivity index (χ4n) is 3.53. The van der Waals surface area contributed by atoms with E-state index in [9.17, 15) is 24.0 Å². The minimum Gasteiger partial charge on any atom is -0.468 e. The number of hydrogen-bond acceptors (Lipinski definition) is 8. The van der Waals surface area contributed by atoms with Gasteiger partial charge in [0.05, 0.1) is 7.11 Å². The molecule has 198 valence electrons. The molecule has 1 aliphatic rings. The normalized spacial score (nSPS) is 14.0. The molecule has 2 aromatic rings. The number of nitrogens with one attached hydrogen (secondary N) is 1. The maximum Gasteiger partial charge on any atom is 0.322 e. The molecule has 10 nitrogen and oxygen atoms in total. The number of carbonyl (C=O) groups excluding carboxylic acids is 5. The van der Waals surface area contributed by atoms with E-state index in [4.69, 9.17) is 14.2 Å². The van der Waals surface area contributed by atoms with E-state index in [1.54, 1.807) is 54.6 Å². The quantitative estimate of drug-likeness (QED) is 0.255. The Morgan fingerprint density at radius 2 is 1.34 bits per heavy atom. The SMILES string of the molecule is C=C1C=CC(=O)N1CC(C(=O)NCC(C(=O)OC)C(=O)OCc1ccccc1)C(=O)OCc1ccccc1. The van der Waals surface area contributed by atoms with E-state index in [-0.39, 0.29) is 19.8 Å². The van der Waals surface area contributed by atoms with Gasteiger partial charge in [0.15, 0.2) is 11.8 Å². The number of amides is 2. The Morgan fingerprint density at radius 1 is 0.816 bits per heavy atom. The lowest BCUT2D eigenvalue weighted by atomic mass is 10.1. The molecule has 0 saturated carbocycles. The average Bonchev–Trinajstić information content (AvgIpc) is 3.26. The van der Waals surface area contributed by atoms with Gasteiger partial charge >= 0.3 is 17.9 Å². The molecular formula is C28H28N2O8. The molecule has 3 rings (SSSR count). The molecule has 2 aromatic carbocycles. The Morgan fingerprint density at radius 3 is 1.82 bits per heavy atom. The van der Waals surface area contributed by atoms with Gasteiger partial charge < -0.3 is 24.4 Å². The molecular weight excluding hydrogens is 492 g/mol. The van der Waals surface area contributed by atoms with Gasteiger partial charge in [-0.05, 0) is 17.2 Å². The highest BCUT2D eigenvalue weighted by Crippen LogP contribution is 2.17. The third kappa shape index (κ3) is 7.63. The topological polar surface area (TPSA) is 128 Å². The third-order valence-electron chi connectivity index (χ3n) is 5.70. The fraction of sp³-hybridized carbons (Fsp3) is 0.250. The maximum atomic E-state index is 13.1. The van der Waals surface area contributed by atoms with Gasteiger partial charge in [0.2, 0.25) is 5.91 Å². The Balaban J connectivity index is 1.68. The Kier molecular flexibility index (Phi) is 9.93. The predicted molar refractivity (Wildman–Crippen MR) is 134 cm³/mol. The number of hydrogen-bond donors (Lipinski definition) is 1. The molecule has 0 fully saturated rings. The van der Waals surface area contributed by atoms with Gasteiger partial charge in [-0.2, -0.15) is 0 Å². The zero-order valence-corrected chi connectivity index (χ0v) is 20.8. The molecule has 0 aliphatic carbocycles. The van der Waals surface area contributed by atoms with Crippen molar-refractivity contribution >= 4 is 29.7 Å². The Labute approximate surface area is 219 Å². The number of allylic oxidation sites excluding steroid dienone is 1. The number of benzene rings is 2. The number of carbonyl (C=O) groups is 5. The van der Waals surface area contributed by atoms with Gasteiger partial charge in [0.1, 0.15) is 13.2 Å². The van der Waals surface area contributed by atoms with Crippen molar-refractivity contribution in [3.05, 3.63) is 96.2 Å². The summed E-state index contributed by atoms with van der Waals surface area (Å²) in [6.07, 6.45) is 2.73. The molecule has 0 radical (unpaired) electrons. The predicted octanol–water partition coefficient (Wildman–Crippen LogP) is 1.91. The molecule has 0 aromatic heterocycles. The summed E-state index contributed by atoms with van der Waals surface area (Å²) in [5, 5.41) is 2.43. The van der Waals surface area contributed by atoms with Crippen molar-refractivity contribution in [3.63, 3.8) is 0 Å². The molecule has 1 heterocycles. The number of rotatable bonds is 12. The van der Waals surface area contributed by atoms with Crippen LogP contribution in [0, 0.1) is 11.8 Å². The molecule has 2 atom stereocenters. The summed E-state index contributed by atoms with van der Waals surface area (Å²) in [5.41, 5.74) is 1.72. The zero-order chi connectivity index (χ0) is 27.5. The van der Waals surface area contributed by atoms with Gasteiger partial charge in [-0.15, -0.1) is 0 Å². The van der Waals surface area contributed by atoms with E-state index in [2.05, 4.69) is 11.9 Å². The van der Waals surface area contributed by atoms with E-state index in [0.717, 1.165) is 7.11 Å². The zero-order valence-electron chi connectivity index (χ0n) is 20.8. The van der Waals surface area contributed by atoms with Crippen molar-refractivity contribution < 1.29 is 38.2 Å². The second kappa shape index (κ2) is 13.5. The van der Waals surface area contributed by atoms with E-state index in [1.807, 2.05) is 6.07 Å². The van der Waals surface area contributed by atoms with Crippen LogP contribution in [-0.4, -0.2) is 54.8 Å². The smallest absolute Gasteiger partial charge is 0.322 e. The van der Waals surface area contributed by atoms with Gasteiger partial charge in [-0.3, -0.25) is 24.0 Å². The van der Waals surface area contributed by atoms with Gasteiger partial charge in [0, 0.05) is 24.9 Å². The number of ether oxygens (including phenoxy) is 3. The molecule has 0 spiro atoms. The van der Waals surface area contributed by atoms with Crippen LogP contribution in [-0.2, 0) is 51.4 Å². The highest BCUT2D eigenvalue weighted by Gasteiger charge is 2.36. The van der Waals surface area contributed by atoms with Gasteiger partial charge in [-0.1, -0.05) is 67.2 Å². The molecule has 38 heavy (non-hydrogen) atoms. The summed E-state index contributed by atoms with van der Waals surface area (Å²) in [7, 11) is 1.10. The second-order valence-corrected chi connectivity index (χ2v) is 8.33. The lowest BCUT2D eigenvalue weighted by Crippen LogP contribution is -2.46. The lowest BCUT2D eigenvalue weighted by Gasteiger charge is -2.23. The molecule has 0 bridgehead atoms. The van der Waals surface area contributed by atoms with Crippen molar-refractivity contribution in [3.8, 4) is 0 Å². The fourth-order valence-corrected chi connectivity index (χ4v) is 3.53. The Hall–Kier alpha value is -4.73. The minimum absolute atomic E-state index is 0.0816. The summed E-state index contributed by atoms with van der Waals surface area (Å²) >= 11 is 0. The average molecular weight is 521 g/mol. The van der Waals surface area contributed by atoms with Crippen LogP contribution in [0.15, 0.2) is 85.1 Å². The molecule has 1 N–H and O–H groups in total. The summed E-state index contributed by atoms with van der Waals surface area (Å²) < 4.78 is 15.2. The number of nitrogens with zero attached hydrogens (tertiary/aromatic N) is 1. The van der Waals surface area contributed by atoms with E-state index >= 15 is 0 Å². The maximum absolute atomic E-state index is 13.1. The first-order valence-electron chi connectivity index (χ1n) is 11.7. The van der Waals surface area contributed by atoms with Crippen LogP contribution in [0.5, 0.6) is 0 Å². The van der Waals surface area contributed by atoms with E-state index < -0.39 is 48.1 Å². The third-order valence-corrected chi connectivity index (χ3v) is 5.70. The van der Waals surface area contributed by atoms with Crippen molar-refractivity contribution in [1.29, 1.82) is 0 Å². The van der Waals surface area contributed by atoms with Crippen molar-refractivity contribution in [2.24, 2.45) is 11.8 Å². The molecule has 2 amide bonds. The van der Waals surface area contributed by atoms with Gasteiger partial charge in [-0.25, -0.2) is 0 Å². The molecule has 10 heteroatoms. The van der Waals surface area contributed by atoms with Gasteiger partial charge in [0.25, 0.3) is 5.91 Å². The van der Waals surface area contributed by atoms with Crippen LogP contribution in [0.3, 0.4) is 0 Å². The summed E-state index contributed by atoms with van der Waals surface area (Å²) in [4.78, 5) is 64.3. The number of methoxy groups -OCH3 is 1. The van der Waals surface area contributed by atoms with Crippen LogP contribution in [0.25, 0.3) is 0 Å². The highest BCUT2D eigenvalue weighted by atomic mass is 16.6. The van der Waals surface area contributed by atoms with Crippen LogP contribution < -0.4 is 5.32 Å². The van der Waals surface area contributed by atoms with Crippen LogP contribution in [0.4, 0.5) is 0 Å². The summed E-state index contributed by atoms with van der Waals surface area (Å²) in [6, 6.07) is 17.7. The first-order valence-corrected chi connectivity index (χ1v) is 11.7. The van der Waals surface area contributed by atoms with Crippen molar-refractivity contribution in [2.75, 3.05) is 20.2 Å². The van der Waals surface area contributed by atoms with Crippen LogP contribution in [0.1, 0.15) is 11.1 Å². The van der Waals surface area contributed by atoms with Crippen molar-refractivity contribution in [2.45, 2.75) is 13.2 Å². The Bertz CT molecular complexity index is 1190. The molecule has 0 saturated heterocycles. The molecule has 1 aliphatic heterocycles. The highest BCUT2D eigenvalue weighted by molar-refractivity contribution is 6.01. The second-order valence-electron chi connectivity index (χ2n) is 8.33. The standard InChI is InChI=1S/C28H28N2O8/c1-19-13-14-24(31)30(19)16-23(28(35)38-18-21-11-7-4-8-12-21)25(32)29-15-22(26(33)36-2)27(34)37-17-20-9-5-3-6-10-20/h3-14,22-23H,1,15-18H2,2H3,(H,29,32). The van der Waals surface area contributed by atoms with Crippen molar-refractivity contribution in [1.82, 2.24) is 10.2 Å². The minimum atomic E-state index is -1.47. The summed E-state index contributed by atoms with van der Waals surface area (Å²) in [5.74, 6) is -6.94. The monoisotopic (exact) mass is 520 g/mol. The summed E-state index contributed by atoms with van der Waals surface area (Å²) in [6.45, 7) is 2.74. The lowest BCUT2D eigenvalue weighted by molar-refractivity contribution is -0.161. The van der Waals surface area contributed by atoms with Crippen LogP contribution >= 0.6 is 0 Å². The van der Waals surface area contributed by atoms with Crippen LogP contribution in [0.2, 0.25) is 0 Å². The first kappa shape index (κ1) is 27.9. The van der Waals surface area contributed by atoms with E-state index in [1.165, 1.54) is 17.1 Å². The number of esters is 3. The molecule has 2 unspecified atom stereocenters. The first-order chi connectivity index (χ1) is 18.3.